The first-order chi connectivity index (χ1) is 13.7. The number of amides is 1. The number of ether oxygens (including phenoxy) is 2. The molecule has 0 unspecified atom stereocenters. The van der Waals surface area contributed by atoms with Crippen molar-refractivity contribution in [2.45, 2.75) is 32.4 Å². The number of carbonyl (C=O) groups excluding carboxylic acids is 1. The zero-order valence-corrected chi connectivity index (χ0v) is 18.2. The molecule has 2 aromatic carbocycles. The number of nitrogens with one attached hydrogen (secondary N) is 1. The largest absolute Gasteiger partial charge is 0.493 e. The maximum Gasteiger partial charge on any atom is 0.244 e. The summed E-state index contributed by atoms with van der Waals surface area (Å²) in [6.45, 7) is 3.62. The van der Waals surface area contributed by atoms with Crippen LogP contribution in [0.25, 0.3) is 0 Å². The molecule has 0 aliphatic carbocycles. The minimum Gasteiger partial charge on any atom is -0.493 e. The summed E-state index contributed by atoms with van der Waals surface area (Å²) >= 11 is 0. The predicted octanol–water partition coefficient (Wildman–Crippen LogP) is 3.13. The Morgan fingerprint density at radius 3 is 2.21 bits per heavy atom. The minimum atomic E-state index is -3.66. The predicted molar refractivity (Wildman–Crippen MR) is 114 cm³/mol. The third kappa shape index (κ3) is 5.41. The van der Waals surface area contributed by atoms with Crippen LogP contribution in [0.3, 0.4) is 0 Å². The summed E-state index contributed by atoms with van der Waals surface area (Å²) in [5.74, 6) is 0.776. The second kappa shape index (κ2) is 9.65. The van der Waals surface area contributed by atoms with E-state index in [1.54, 1.807) is 63.6 Å². The topological polar surface area (TPSA) is 84.9 Å². The number of carbonyl (C=O) groups is 1. The molecule has 2 atom stereocenters. The highest BCUT2D eigenvalue weighted by Crippen LogP contribution is 2.30. The molecule has 1 amide bonds. The van der Waals surface area contributed by atoms with Crippen LogP contribution in [0.1, 0.15) is 31.9 Å². The fraction of sp³-hybridized carbons (Fsp3) is 0.381. The molecule has 8 heteroatoms. The molecule has 0 aliphatic rings. The van der Waals surface area contributed by atoms with Gasteiger partial charge in [-0.1, -0.05) is 31.2 Å². The van der Waals surface area contributed by atoms with Crippen molar-refractivity contribution in [3.8, 4) is 11.5 Å². The first-order valence-corrected chi connectivity index (χ1v) is 11.1. The van der Waals surface area contributed by atoms with Crippen LogP contribution in [0, 0.1) is 0 Å². The molecular formula is C21H28N2O5S. The second-order valence-corrected chi connectivity index (χ2v) is 8.52. The third-order valence-corrected chi connectivity index (χ3v) is 5.79. The van der Waals surface area contributed by atoms with Crippen LogP contribution < -0.4 is 19.1 Å². The number of rotatable bonds is 9. The van der Waals surface area contributed by atoms with Crippen LogP contribution in [0.5, 0.6) is 11.5 Å². The molecule has 0 bridgehead atoms. The molecule has 0 saturated heterocycles. The molecule has 158 valence electrons. The van der Waals surface area contributed by atoms with E-state index in [-0.39, 0.29) is 11.9 Å². The maximum absolute atomic E-state index is 13.0. The Hall–Kier alpha value is -2.74. The molecule has 0 heterocycles. The van der Waals surface area contributed by atoms with Crippen LogP contribution in [-0.4, -0.2) is 40.8 Å². The summed E-state index contributed by atoms with van der Waals surface area (Å²) in [5, 5.41) is 2.92. The third-order valence-electron chi connectivity index (χ3n) is 4.61. The number of para-hydroxylation sites is 1. The van der Waals surface area contributed by atoms with Crippen molar-refractivity contribution in [2.24, 2.45) is 0 Å². The minimum absolute atomic E-state index is 0.326. The molecule has 0 fully saturated rings. The SMILES string of the molecule is CC[C@H](C(=O)N[C@@H](C)c1ccc(OC)c(OC)c1)N(c1ccccc1)S(C)(=O)=O. The smallest absolute Gasteiger partial charge is 0.244 e. The van der Waals surface area contributed by atoms with Gasteiger partial charge in [0.1, 0.15) is 6.04 Å². The molecule has 0 aliphatic heterocycles. The molecule has 0 spiro atoms. The quantitative estimate of drug-likeness (QED) is 0.674. The van der Waals surface area contributed by atoms with Gasteiger partial charge in [0.25, 0.3) is 0 Å². The van der Waals surface area contributed by atoms with E-state index in [4.69, 9.17) is 9.47 Å². The number of hydrogen-bond donors (Lipinski definition) is 1. The zero-order valence-electron chi connectivity index (χ0n) is 17.4. The van der Waals surface area contributed by atoms with Gasteiger partial charge in [0.2, 0.25) is 15.9 Å². The summed E-state index contributed by atoms with van der Waals surface area (Å²) < 4.78 is 36.7. The molecule has 29 heavy (non-hydrogen) atoms. The second-order valence-electron chi connectivity index (χ2n) is 6.66. The first-order valence-electron chi connectivity index (χ1n) is 9.29. The summed E-state index contributed by atoms with van der Waals surface area (Å²) in [5.41, 5.74) is 1.27. The summed E-state index contributed by atoms with van der Waals surface area (Å²) in [6.07, 6.45) is 1.43. The lowest BCUT2D eigenvalue weighted by Gasteiger charge is -2.31. The van der Waals surface area contributed by atoms with E-state index in [2.05, 4.69) is 5.32 Å². The van der Waals surface area contributed by atoms with Crippen LogP contribution in [0.4, 0.5) is 5.69 Å². The highest BCUT2D eigenvalue weighted by Gasteiger charge is 2.32. The average molecular weight is 421 g/mol. The van der Waals surface area contributed by atoms with E-state index in [0.29, 0.717) is 23.6 Å². The van der Waals surface area contributed by atoms with Gasteiger partial charge in [0.15, 0.2) is 11.5 Å². The summed E-state index contributed by atoms with van der Waals surface area (Å²) in [7, 11) is -0.561. The lowest BCUT2D eigenvalue weighted by molar-refractivity contribution is -0.122. The number of benzene rings is 2. The van der Waals surface area contributed by atoms with Gasteiger partial charge in [0.05, 0.1) is 32.2 Å². The average Bonchev–Trinajstić information content (AvgIpc) is 2.70. The summed E-state index contributed by atoms with van der Waals surface area (Å²) in [4.78, 5) is 13.0. The highest BCUT2D eigenvalue weighted by molar-refractivity contribution is 7.92. The number of sulfonamides is 1. The Labute approximate surface area is 172 Å². The molecule has 0 saturated carbocycles. The molecule has 0 aromatic heterocycles. The molecule has 2 rings (SSSR count). The van der Waals surface area contributed by atoms with Gasteiger partial charge in [-0.2, -0.15) is 0 Å². The van der Waals surface area contributed by atoms with E-state index in [9.17, 15) is 13.2 Å². The van der Waals surface area contributed by atoms with E-state index in [1.807, 2.05) is 13.0 Å². The normalized spacial score (nSPS) is 13.3. The van der Waals surface area contributed by atoms with E-state index >= 15 is 0 Å². The monoisotopic (exact) mass is 420 g/mol. The fourth-order valence-electron chi connectivity index (χ4n) is 3.15. The van der Waals surface area contributed by atoms with E-state index in [0.717, 1.165) is 11.8 Å². The number of anilines is 1. The molecule has 2 aromatic rings. The Bertz CT molecular complexity index is 931. The lowest BCUT2D eigenvalue weighted by atomic mass is 10.1. The number of methoxy groups -OCH3 is 2. The van der Waals surface area contributed by atoms with Gasteiger partial charge in [-0.25, -0.2) is 8.42 Å². The van der Waals surface area contributed by atoms with Crippen LogP contribution in [-0.2, 0) is 14.8 Å². The maximum atomic E-state index is 13.0. The Balaban J connectivity index is 2.28. The summed E-state index contributed by atoms with van der Waals surface area (Å²) in [6, 6.07) is 12.8. The van der Waals surface area contributed by atoms with Crippen molar-refractivity contribution in [1.29, 1.82) is 0 Å². The van der Waals surface area contributed by atoms with Crippen LogP contribution >= 0.6 is 0 Å². The molecule has 7 nitrogen and oxygen atoms in total. The van der Waals surface area contributed by atoms with Gasteiger partial charge >= 0.3 is 0 Å². The van der Waals surface area contributed by atoms with Crippen LogP contribution in [0.2, 0.25) is 0 Å². The van der Waals surface area contributed by atoms with Gasteiger partial charge in [0, 0.05) is 0 Å². The van der Waals surface area contributed by atoms with Gasteiger partial charge in [-0.05, 0) is 43.2 Å². The fourth-order valence-corrected chi connectivity index (χ4v) is 4.36. The number of nitrogens with zero attached hydrogens (tertiary/aromatic N) is 1. The Morgan fingerprint density at radius 2 is 1.69 bits per heavy atom. The van der Waals surface area contributed by atoms with Crippen molar-refractivity contribution in [3.63, 3.8) is 0 Å². The van der Waals surface area contributed by atoms with Crippen molar-refractivity contribution in [1.82, 2.24) is 5.32 Å². The van der Waals surface area contributed by atoms with E-state index < -0.39 is 16.1 Å². The van der Waals surface area contributed by atoms with Gasteiger partial charge in [-0.15, -0.1) is 0 Å². The number of hydrogen-bond acceptors (Lipinski definition) is 5. The van der Waals surface area contributed by atoms with Crippen molar-refractivity contribution in [3.05, 3.63) is 54.1 Å². The lowest BCUT2D eigenvalue weighted by Crippen LogP contribution is -2.49. The molecule has 1 N–H and O–H groups in total. The zero-order chi connectivity index (χ0) is 21.6. The Morgan fingerprint density at radius 1 is 1.07 bits per heavy atom. The van der Waals surface area contributed by atoms with Gasteiger partial charge in [-0.3, -0.25) is 9.10 Å². The van der Waals surface area contributed by atoms with Crippen molar-refractivity contribution < 1.29 is 22.7 Å². The molecule has 0 radical (unpaired) electrons. The Kier molecular flexibility index (Phi) is 7.50. The standard InChI is InChI=1S/C21H28N2O5S/c1-6-18(23(29(5,25)26)17-10-8-7-9-11-17)21(24)22-15(2)16-12-13-19(27-3)20(14-16)28-4/h7-15,18H,6H2,1-5H3,(H,22,24)/t15-,18+/m0/s1. The van der Waals surface area contributed by atoms with Crippen molar-refractivity contribution in [2.75, 3.05) is 24.8 Å². The van der Waals surface area contributed by atoms with Crippen molar-refractivity contribution >= 4 is 21.6 Å². The van der Waals surface area contributed by atoms with Gasteiger partial charge < -0.3 is 14.8 Å². The van der Waals surface area contributed by atoms with Crippen LogP contribution in [0.15, 0.2) is 48.5 Å². The molecular weight excluding hydrogens is 392 g/mol. The first kappa shape index (κ1) is 22.5. The van der Waals surface area contributed by atoms with E-state index in [1.165, 1.54) is 4.31 Å². The highest BCUT2D eigenvalue weighted by atomic mass is 32.2.